The normalized spacial score (nSPS) is 10.9. The summed E-state index contributed by atoms with van der Waals surface area (Å²) in [5, 5.41) is 6.73. The number of amides is 1. The van der Waals surface area contributed by atoms with E-state index in [9.17, 15) is 14.4 Å². The molecule has 0 saturated heterocycles. The van der Waals surface area contributed by atoms with E-state index in [-0.39, 0.29) is 23.8 Å². The first-order valence-corrected chi connectivity index (χ1v) is 12.0. The molecule has 0 fully saturated rings. The molecule has 0 aliphatic rings. The second-order valence-corrected chi connectivity index (χ2v) is 8.65. The van der Waals surface area contributed by atoms with Crippen LogP contribution in [-0.4, -0.2) is 30.2 Å². The smallest absolute Gasteiger partial charge is 0.365 e. The van der Waals surface area contributed by atoms with Gasteiger partial charge in [0.25, 0.3) is 5.91 Å². The number of hydrogen-bond donors (Lipinski definition) is 1. The van der Waals surface area contributed by atoms with Crippen LogP contribution in [0.15, 0.2) is 119 Å². The van der Waals surface area contributed by atoms with E-state index in [0.717, 1.165) is 4.47 Å². The van der Waals surface area contributed by atoms with E-state index in [1.807, 2.05) is 6.07 Å². The van der Waals surface area contributed by atoms with Crippen molar-refractivity contribution >= 4 is 45.2 Å². The summed E-state index contributed by atoms with van der Waals surface area (Å²) in [6.45, 7) is -0.274. The number of hydrogen-bond acceptors (Lipinski definition) is 6. The van der Waals surface area contributed by atoms with E-state index in [1.165, 1.54) is 0 Å². The minimum atomic E-state index is -0.678. The fourth-order valence-electron chi connectivity index (χ4n) is 3.29. The Labute approximate surface area is 221 Å². The molecule has 1 N–H and O–H groups in total. The lowest BCUT2D eigenvalue weighted by Crippen LogP contribution is -2.19. The summed E-state index contributed by atoms with van der Waals surface area (Å²) in [7, 11) is 0. The summed E-state index contributed by atoms with van der Waals surface area (Å²) in [6, 6.07) is 30.7. The molecule has 0 aliphatic carbocycles. The molecule has 0 heterocycles. The summed E-state index contributed by atoms with van der Waals surface area (Å²) >= 11 is 3.38. The lowest BCUT2D eigenvalue weighted by Gasteiger charge is -2.12. The molecule has 0 unspecified atom stereocenters. The number of halogens is 1. The molecular formula is C29H21BrN2O5. The van der Waals surface area contributed by atoms with Gasteiger partial charge in [0.05, 0.1) is 16.8 Å². The standard InChI is InChI=1S/C29H21BrN2O5/c30-23-17-15-20(16-18-23)26(32-37-28(34)22-11-5-2-6-12-22)19-36-29(35)24-13-7-8-14-25(24)31-27(33)21-9-3-1-4-10-21/h1-18H,19H2,(H,31,33)/b32-26+. The van der Waals surface area contributed by atoms with E-state index < -0.39 is 11.9 Å². The number of para-hydroxylation sites is 1. The van der Waals surface area contributed by atoms with Crippen molar-refractivity contribution in [2.24, 2.45) is 5.16 Å². The Morgan fingerprint density at radius 3 is 1.95 bits per heavy atom. The third-order valence-corrected chi connectivity index (χ3v) is 5.73. The molecule has 4 aromatic rings. The van der Waals surface area contributed by atoms with Crippen LogP contribution in [-0.2, 0) is 9.57 Å². The van der Waals surface area contributed by atoms with Gasteiger partial charge in [-0.05, 0) is 48.5 Å². The van der Waals surface area contributed by atoms with E-state index in [1.54, 1.807) is 103 Å². The zero-order valence-corrected chi connectivity index (χ0v) is 21.1. The Balaban J connectivity index is 1.50. The van der Waals surface area contributed by atoms with Gasteiger partial charge in [0.15, 0.2) is 0 Å². The molecule has 0 saturated carbocycles. The average molecular weight is 557 g/mol. The molecule has 8 heteroatoms. The van der Waals surface area contributed by atoms with Crippen LogP contribution in [0, 0.1) is 0 Å². The predicted molar refractivity (Wildman–Crippen MR) is 144 cm³/mol. The monoisotopic (exact) mass is 556 g/mol. The largest absolute Gasteiger partial charge is 0.455 e. The van der Waals surface area contributed by atoms with Gasteiger partial charge in [-0.1, -0.05) is 81.7 Å². The summed E-state index contributed by atoms with van der Waals surface area (Å²) in [5.74, 6) is -1.68. The topological polar surface area (TPSA) is 94.1 Å². The first-order valence-electron chi connectivity index (χ1n) is 11.2. The number of nitrogens with zero attached hydrogens (tertiary/aromatic N) is 1. The van der Waals surface area contributed by atoms with Gasteiger partial charge in [-0.3, -0.25) is 4.79 Å². The summed E-state index contributed by atoms with van der Waals surface area (Å²) in [4.78, 5) is 43.1. The Kier molecular flexibility index (Phi) is 8.57. The molecule has 37 heavy (non-hydrogen) atoms. The highest BCUT2D eigenvalue weighted by Crippen LogP contribution is 2.18. The maximum Gasteiger partial charge on any atom is 0.365 e. The first-order chi connectivity index (χ1) is 18.0. The number of carbonyl (C=O) groups excluding carboxylic acids is 3. The van der Waals surface area contributed by atoms with E-state index in [0.29, 0.717) is 22.4 Å². The second-order valence-electron chi connectivity index (χ2n) is 7.73. The number of oxime groups is 1. The quantitative estimate of drug-likeness (QED) is 0.122. The Bertz CT molecular complexity index is 1420. The molecule has 7 nitrogen and oxygen atoms in total. The summed E-state index contributed by atoms with van der Waals surface area (Å²) in [5.41, 5.74) is 2.10. The van der Waals surface area contributed by atoms with Crippen LogP contribution < -0.4 is 5.32 Å². The van der Waals surface area contributed by atoms with Gasteiger partial charge in [-0.15, -0.1) is 0 Å². The second kappa shape index (κ2) is 12.4. The van der Waals surface area contributed by atoms with Crippen LogP contribution in [0.5, 0.6) is 0 Å². The number of rotatable bonds is 8. The molecular weight excluding hydrogens is 536 g/mol. The molecule has 4 rings (SSSR count). The van der Waals surface area contributed by atoms with Gasteiger partial charge in [0.2, 0.25) is 0 Å². The van der Waals surface area contributed by atoms with E-state index in [4.69, 9.17) is 9.57 Å². The van der Waals surface area contributed by atoms with Crippen molar-refractivity contribution in [1.82, 2.24) is 0 Å². The van der Waals surface area contributed by atoms with Crippen LogP contribution >= 0.6 is 15.9 Å². The zero-order chi connectivity index (χ0) is 26.0. The Morgan fingerprint density at radius 1 is 0.676 bits per heavy atom. The highest BCUT2D eigenvalue weighted by Gasteiger charge is 2.17. The van der Waals surface area contributed by atoms with Crippen molar-refractivity contribution < 1.29 is 24.0 Å². The molecule has 0 bridgehead atoms. The van der Waals surface area contributed by atoms with Gasteiger partial charge < -0.3 is 14.9 Å². The molecule has 0 spiro atoms. The first kappa shape index (κ1) is 25.5. The average Bonchev–Trinajstić information content (AvgIpc) is 2.94. The zero-order valence-electron chi connectivity index (χ0n) is 19.5. The van der Waals surface area contributed by atoms with E-state index in [2.05, 4.69) is 26.4 Å². The van der Waals surface area contributed by atoms with E-state index >= 15 is 0 Å². The Hall–Kier alpha value is -4.56. The number of nitrogens with one attached hydrogen (secondary N) is 1. The van der Waals surface area contributed by atoms with Crippen LogP contribution in [0.2, 0.25) is 0 Å². The van der Waals surface area contributed by atoms with Crippen LogP contribution in [0.3, 0.4) is 0 Å². The van der Waals surface area contributed by atoms with Gasteiger partial charge >= 0.3 is 11.9 Å². The van der Waals surface area contributed by atoms with Crippen LogP contribution in [0.4, 0.5) is 5.69 Å². The summed E-state index contributed by atoms with van der Waals surface area (Å²) in [6.07, 6.45) is 0. The number of ether oxygens (including phenoxy) is 1. The van der Waals surface area contributed by atoms with Crippen molar-refractivity contribution in [3.05, 3.63) is 136 Å². The SMILES string of the molecule is O=C(Nc1ccccc1C(=O)OC/C(=N\OC(=O)c1ccccc1)c1ccc(Br)cc1)c1ccccc1. The molecule has 0 aliphatic heterocycles. The summed E-state index contributed by atoms with van der Waals surface area (Å²) < 4.78 is 6.36. The van der Waals surface area contributed by atoms with Gasteiger partial charge in [0.1, 0.15) is 12.3 Å². The van der Waals surface area contributed by atoms with Crippen LogP contribution in [0.1, 0.15) is 36.6 Å². The number of esters is 1. The fraction of sp³-hybridized carbons (Fsp3) is 0.0345. The van der Waals surface area contributed by atoms with Crippen molar-refractivity contribution in [2.45, 2.75) is 0 Å². The minimum absolute atomic E-state index is 0.170. The molecule has 1 amide bonds. The minimum Gasteiger partial charge on any atom is -0.455 e. The molecule has 0 aromatic heterocycles. The van der Waals surface area contributed by atoms with Crippen LogP contribution in [0.25, 0.3) is 0 Å². The third kappa shape index (κ3) is 6.99. The molecule has 4 aromatic carbocycles. The lowest BCUT2D eigenvalue weighted by atomic mass is 10.1. The number of carbonyl (C=O) groups is 3. The number of benzene rings is 4. The molecule has 0 atom stereocenters. The van der Waals surface area contributed by atoms with Crippen molar-refractivity contribution in [2.75, 3.05) is 11.9 Å². The third-order valence-electron chi connectivity index (χ3n) is 5.20. The number of anilines is 1. The molecule has 184 valence electrons. The Morgan fingerprint density at radius 2 is 1.27 bits per heavy atom. The van der Waals surface area contributed by atoms with Crippen molar-refractivity contribution in [1.29, 1.82) is 0 Å². The van der Waals surface area contributed by atoms with Gasteiger partial charge in [-0.25, -0.2) is 9.59 Å². The lowest BCUT2D eigenvalue weighted by molar-refractivity contribution is 0.0505. The maximum atomic E-state index is 13.0. The predicted octanol–water partition coefficient (Wildman–Crippen LogP) is 6.12. The highest BCUT2D eigenvalue weighted by atomic mass is 79.9. The maximum absolute atomic E-state index is 13.0. The molecule has 0 radical (unpaired) electrons. The van der Waals surface area contributed by atoms with Crippen molar-refractivity contribution in [3.8, 4) is 0 Å². The van der Waals surface area contributed by atoms with Crippen molar-refractivity contribution in [3.63, 3.8) is 0 Å². The fourth-order valence-corrected chi connectivity index (χ4v) is 3.56. The van der Waals surface area contributed by atoms with Gasteiger partial charge in [0, 0.05) is 15.6 Å². The highest BCUT2D eigenvalue weighted by molar-refractivity contribution is 9.10. The van der Waals surface area contributed by atoms with Gasteiger partial charge in [-0.2, -0.15) is 0 Å².